The van der Waals surface area contributed by atoms with Gasteiger partial charge in [-0.2, -0.15) is 0 Å². The molecule has 1 saturated heterocycles. The number of sulfonamides is 1. The summed E-state index contributed by atoms with van der Waals surface area (Å²) in [5.74, 6) is 0.307. The highest BCUT2D eigenvalue weighted by Crippen LogP contribution is 2.50. The van der Waals surface area contributed by atoms with Crippen LogP contribution in [0.4, 0.5) is 11.4 Å². The third-order valence-corrected chi connectivity index (χ3v) is 8.73. The summed E-state index contributed by atoms with van der Waals surface area (Å²) in [4.78, 5) is 12.6. The van der Waals surface area contributed by atoms with Crippen molar-refractivity contribution in [2.24, 2.45) is 11.8 Å². The van der Waals surface area contributed by atoms with Crippen LogP contribution in [0.25, 0.3) is 0 Å². The van der Waals surface area contributed by atoms with E-state index in [0.29, 0.717) is 12.3 Å². The zero-order valence-electron chi connectivity index (χ0n) is 21.0. The van der Waals surface area contributed by atoms with E-state index in [1.807, 2.05) is 70.2 Å². The summed E-state index contributed by atoms with van der Waals surface area (Å²) in [6, 6.07) is 18.6. The van der Waals surface area contributed by atoms with Crippen molar-refractivity contribution in [3.8, 4) is 0 Å². The summed E-state index contributed by atoms with van der Waals surface area (Å²) in [6.45, 7) is 8.33. The Hall–Kier alpha value is -3.16. The SMILES string of the molecule is Cc1ccc(S(=O)(=O)Nc2ccc3c(c2)C2OCCC2C(c2ccc(C(=O)C(C)C)cc2)N3)cc1C. The van der Waals surface area contributed by atoms with Crippen molar-refractivity contribution in [1.82, 2.24) is 0 Å². The Labute approximate surface area is 213 Å². The Morgan fingerprint density at radius 1 is 1.00 bits per heavy atom. The van der Waals surface area contributed by atoms with Crippen LogP contribution in [0.15, 0.2) is 65.6 Å². The van der Waals surface area contributed by atoms with Crippen LogP contribution in [0.1, 0.15) is 65.0 Å². The molecule has 7 heteroatoms. The summed E-state index contributed by atoms with van der Waals surface area (Å²) < 4.78 is 35.0. The standard InChI is InChI=1S/C29H32N2O4S/c1-17(2)28(32)21-8-6-20(7-9-21)27-24-13-14-35-29(24)25-16-22(10-12-26(25)30-27)31-36(33,34)23-11-5-18(3)19(4)15-23/h5-12,15-17,24,27,29-31H,13-14H2,1-4H3. The van der Waals surface area contributed by atoms with Crippen LogP contribution in [0.3, 0.4) is 0 Å². The second-order valence-corrected chi connectivity index (χ2v) is 11.8. The summed E-state index contributed by atoms with van der Waals surface area (Å²) in [5.41, 5.74) is 6.22. The Morgan fingerprint density at radius 3 is 2.44 bits per heavy atom. The number of Topliss-reactive ketones (excluding diaryl/α,β-unsaturated/α-hetero) is 1. The van der Waals surface area contributed by atoms with Gasteiger partial charge in [-0.05, 0) is 67.3 Å². The number of anilines is 2. The molecule has 2 N–H and O–H groups in total. The van der Waals surface area contributed by atoms with Crippen LogP contribution in [0.5, 0.6) is 0 Å². The fraction of sp³-hybridized carbons (Fsp3) is 0.345. The highest BCUT2D eigenvalue weighted by atomic mass is 32.2. The molecule has 0 spiro atoms. The zero-order valence-corrected chi connectivity index (χ0v) is 21.9. The summed E-state index contributed by atoms with van der Waals surface area (Å²) >= 11 is 0. The minimum absolute atomic E-state index is 0.0372. The number of ether oxygens (including phenoxy) is 1. The number of rotatable bonds is 6. The van der Waals surface area contributed by atoms with Crippen LogP contribution in [-0.4, -0.2) is 20.8 Å². The Morgan fingerprint density at radius 2 is 1.75 bits per heavy atom. The van der Waals surface area contributed by atoms with Gasteiger partial charge in [0, 0.05) is 40.9 Å². The molecule has 2 aliphatic rings. The molecule has 2 heterocycles. The predicted octanol–water partition coefficient (Wildman–Crippen LogP) is 6.19. The van der Waals surface area contributed by atoms with E-state index in [1.165, 1.54) is 0 Å². The molecule has 0 saturated carbocycles. The lowest BCUT2D eigenvalue weighted by Crippen LogP contribution is -2.29. The van der Waals surface area contributed by atoms with E-state index in [0.717, 1.165) is 39.9 Å². The third kappa shape index (κ3) is 4.53. The van der Waals surface area contributed by atoms with Crippen molar-refractivity contribution >= 4 is 27.2 Å². The van der Waals surface area contributed by atoms with Gasteiger partial charge in [0.05, 0.1) is 17.0 Å². The first-order valence-corrected chi connectivity index (χ1v) is 13.9. The van der Waals surface area contributed by atoms with Crippen LogP contribution < -0.4 is 10.0 Å². The van der Waals surface area contributed by atoms with Gasteiger partial charge in [-0.3, -0.25) is 9.52 Å². The third-order valence-electron chi connectivity index (χ3n) is 7.35. The number of carbonyl (C=O) groups is 1. The van der Waals surface area contributed by atoms with Gasteiger partial charge in [-0.1, -0.05) is 44.2 Å². The predicted molar refractivity (Wildman–Crippen MR) is 142 cm³/mol. The maximum atomic E-state index is 13.0. The van der Waals surface area contributed by atoms with E-state index >= 15 is 0 Å². The summed E-state index contributed by atoms with van der Waals surface area (Å²) in [7, 11) is -3.71. The maximum absolute atomic E-state index is 13.0. The largest absolute Gasteiger partial charge is 0.378 e. The molecule has 2 aliphatic heterocycles. The number of benzene rings is 3. The first-order valence-electron chi connectivity index (χ1n) is 12.4. The fourth-order valence-electron chi connectivity index (χ4n) is 5.15. The average molecular weight is 505 g/mol. The number of hydrogen-bond acceptors (Lipinski definition) is 5. The van der Waals surface area contributed by atoms with Crippen molar-refractivity contribution in [1.29, 1.82) is 0 Å². The van der Waals surface area contributed by atoms with Crippen molar-refractivity contribution in [2.75, 3.05) is 16.6 Å². The molecule has 0 amide bonds. The van der Waals surface area contributed by atoms with Crippen molar-refractivity contribution in [2.45, 2.75) is 51.2 Å². The van der Waals surface area contributed by atoms with Crippen molar-refractivity contribution in [3.05, 3.63) is 88.5 Å². The molecule has 188 valence electrons. The van der Waals surface area contributed by atoms with Gasteiger partial charge < -0.3 is 10.1 Å². The molecule has 1 fully saturated rings. The van der Waals surface area contributed by atoms with Gasteiger partial charge in [0.2, 0.25) is 0 Å². The van der Waals surface area contributed by atoms with Gasteiger partial charge in [0.15, 0.2) is 5.78 Å². The molecular weight excluding hydrogens is 472 g/mol. The minimum Gasteiger partial charge on any atom is -0.378 e. The number of ketones is 1. The molecular formula is C29H32N2O4S. The highest BCUT2D eigenvalue weighted by molar-refractivity contribution is 7.92. The Kier molecular flexibility index (Phi) is 6.39. The lowest BCUT2D eigenvalue weighted by Gasteiger charge is -2.36. The summed E-state index contributed by atoms with van der Waals surface area (Å²) in [5, 5.41) is 3.65. The molecule has 0 aliphatic carbocycles. The van der Waals surface area contributed by atoms with E-state index in [9.17, 15) is 13.2 Å². The first kappa shape index (κ1) is 24.5. The molecule has 36 heavy (non-hydrogen) atoms. The lowest BCUT2D eigenvalue weighted by molar-refractivity contribution is 0.0829. The smallest absolute Gasteiger partial charge is 0.261 e. The maximum Gasteiger partial charge on any atom is 0.261 e. The molecule has 0 radical (unpaired) electrons. The zero-order chi connectivity index (χ0) is 25.6. The minimum atomic E-state index is -3.71. The normalized spacial score (nSPS) is 21.0. The van der Waals surface area contributed by atoms with E-state index < -0.39 is 10.0 Å². The van der Waals surface area contributed by atoms with E-state index in [-0.39, 0.29) is 34.7 Å². The molecule has 3 aromatic carbocycles. The van der Waals surface area contributed by atoms with Crippen LogP contribution in [0, 0.1) is 25.7 Å². The van der Waals surface area contributed by atoms with Crippen LogP contribution in [0.2, 0.25) is 0 Å². The van der Waals surface area contributed by atoms with Gasteiger partial charge in [-0.15, -0.1) is 0 Å². The van der Waals surface area contributed by atoms with Gasteiger partial charge in [0.1, 0.15) is 0 Å². The quantitative estimate of drug-likeness (QED) is 0.391. The van der Waals surface area contributed by atoms with E-state index in [2.05, 4.69) is 10.0 Å². The second kappa shape index (κ2) is 9.37. The molecule has 3 atom stereocenters. The number of fused-ring (bicyclic) bond motifs is 3. The van der Waals surface area contributed by atoms with Gasteiger partial charge in [-0.25, -0.2) is 8.42 Å². The first-order chi connectivity index (χ1) is 17.1. The molecule has 0 bridgehead atoms. The molecule has 6 nitrogen and oxygen atoms in total. The van der Waals surface area contributed by atoms with Gasteiger partial charge >= 0.3 is 0 Å². The van der Waals surface area contributed by atoms with Crippen LogP contribution in [-0.2, 0) is 14.8 Å². The average Bonchev–Trinajstić information content (AvgIpc) is 3.35. The molecule has 0 aromatic heterocycles. The second-order valence-electron chi connectivity index (χ2n) is 10.2. The van der Waals surface area contributed by atoms with Crippen molar-refractivity contribution in [3.63, 3.8) is 0 Å². The number of hydrogen-bond donors (Lipinski definition) is 2. The van der Waals surface area contributed by atoms with Crippen molar-refractivity contribution < 1.29 is 17.9 Å². The number of aryl methyl sites for hydroxylation is 2. The summed E-state index contributed by atoms with van der Waals surface area (Å²) in [6.07, 6.45) is 0.766. The van der Waals surface area contributed by atoms with Crippen LogP contribution >= 0.6 is 0 Å². The fourth-order valence-corrected chi connectivity index (χ4v) is 6.28. The number of carbonyl (C=O) groups excluding carboxylic acids is 1. The number of nitrogens with one attached hydrogen (secondary N) is 2. The van der Waals surface area contributed by atoms with E-state index in [1.54, 1.807) is 18.2 Å². The monoisotopic (exact) mass is 504 g/mol. The molecule has 3 unspecified atom stereocenters. The van der Waals surface area contributed by atoms with Gasteiger partial charge in [0.25, 0.3) is 10.0 Å². The topological polar surface area (TPSA) is 84.5 Å². The Bertz CT molecular complexity index is 1410. The molecule has 5 rings (SSSR count). The Balaban J connectivity index is 1.41. The highest BCUT2D eigenvalue weighted by Gasteiger charge is 2.41. The molecule has 3 aromatic rings. The van der Waals surface area contributed by atoms with E-state index in [4.69, 9.17) is 4.74 Å². The lowest BCUT2D eigenvalue weighted by atomic mass is 9.80.